The monoisotopic (exact) mass is 477 g/mol. The van der Waals surface area contributed by atoms with Crippen LogP contribution in [0.4, 0.5) is 0 Å². The predicted molar refractivity (Wildman–Crippen MR) is 111 cm³/mol. The standard InChI is InChI=1S/C21H20INO4/c1-2-19(24)26-12-18(20(22)23)21(25)27-11-17-15-9-5-3-7-13(15)14-8-4-6-10-16(14)17/h3-10,17H,2,11-12,23H2,1H3. The second-order valence-electron chi connectivity index (χ2n) is 6.17. The third-order valence-corrected chi connectivity index (χ3v) is 5.20. The number of hydrogen-bond acceptors (Lipinski definition) is 5. The summed E-state index contributed by atoms with van der Waals surface area (Å²) >= 11 is 1.83. The van der Waals surface area contributed by atoms with E-state index in [0.29, 0.717) is 0 Å². The van der Waals surface area contributed by atoms with Gasteiger partial charge in [-0.2, -0.15) is 0 Å². The molecule has 1 aliphatic carbocycles. The SMILES string of the molecule is CCC(=O)OCC(C(=O)OCC1c2ccccc2-c2ccccc21)=C(N)I. The molecular weight excluding hydrogens is 457 g/mol. The Labute approximate surface area is 171 Å². The van der Waals surface area contributed by atoms with E-state index >= 15 is 0 Å². The first kappa shape index (κ1) is 19.4. The smallest absolute Gasteiger partial charge is 0.340 e. The number of carbonyl (C=O) groups excluding carboxylic acids is 2. The fourth-order valence-electron chi connectivity index (χ4n) is 3.17. The maximum absolute atomic E-state index is 12.5. The summed E-state index contributed by atoms with van der Waals surface area (Å²) in [5.41, 5.74) is 10.5. The van der Waals surface area contributed by atoms with Crippen molar-refractivity contribution in [2.24, 2.45) is 5.73 Å². The van der Waals surface area contributed by atoms with Crippen molar-refractivity contribution in [2.75, 3.05) is 13.2 Å². The highest BCUT2D eigenvalue weighted by molar-refractivity contribution is 14.1. The van der Waals surface area contributed by atoms with Gasteiger partial charge in [0.15, 0.2) is 0 Å². The maximum atomic E-state index is 12.5. The molecule has 0 aromatic heterocycles. The topological polar surface area (TPSA) is 78.6 Å². The van der Waals surface area contributed by atoms with Crippen LogP contribution in [0.1, 0.15) is 30.4 Å². The van der Waals surface area contributed by atoms with Gasteiger partial charge in [0.25, 0.3) is 0 Å². The first-order valence-corrected chi connectivity index (χ1v) is 9.75. The van der Waals surface area contributed by atoms with E-state index < -0.39 is 11.9 Å². The maximum Gasteiger partial charge on any atom is 0.340 e. The summed E-state index contributed by atoms with van der Waals surface area (Å²) in [6.45, 7) is 1.70. The van der Waals surface area contributed by atoms with Crippen molar-refractivity contribution in [1.82, 2.24) is 0 Å². The lowest BCUT2D eigenvalue weighted by Crippen LogP contribution is -2.20. The van der Waals surface area contributed by atoms with Crippen molar-refractivity contribution >= 4 is 34.5 Å². The number of rotatable bonds is 6. The number of carbonyl (C=O) groups is 2. The van der Waals surface area contributed by atoms with Gasteiger partial charge in [-0.3, -0.25) is 4.79 Å². The second kappa shape index (κ2) is 8.56. The molecule has 27 heavy (non-hydrogen) atoms. The molecule has 0 aliphatic heterocycles. The number of benzene rings is 2. The van der Waals surface area contributed by atoms with Gasteiger partial charge in [0, 0.05) is 12.3 Å². The zero-order valence-corrected chi connectivity index (χ0v) is 17.1. The zero-order chi connectivity index (χ0) is 19.4. The highest BCUT2D eigenvalue weighted by Gasteiger charge is 2.29. The van der Waals surface area contributed by atoms with Crippen LogP contribution in [0, 0.1) is 0 Å². The number of halogens is 1. The number of nitrogens with two attached hydrogens (primary N) is 1. The summed E-state index contributed by atoms with van der Waals surface area (Å²) in [5, 5.41) is 0. The quantitative estimate of drug-likeness (QED) is 0.296. The molecule has 2 aromatic carbocycles. The summed E-state index contributed by atoms with van der Waals surface area (Å²) in [6, 6.07) is 16.2. The van der Waals surface area contributed by atoms with Crippen LogP contribution in [0.2, 0.25) is 0 Å². The average molecular weight is 477 g/mol. The molecule has 0 heterocycles. The Morgan fingerprint density at radius 1 is 1.00 bits per heavy atom. The van der Waals surface area contributed by atoms with E-state index in [1.165, 1.54) is 0 Å². The fraction of sp³-hybridized carbons (Fsp3) is 0.238. The largest absolute Gasteiger partial charge is 0.461 e. The molecule has 1 aliphatic rings. The van der Waals surface area contributed by atoms with Crippen LogP contribution < -0.4 is 5.73 Å². The van der Waals surface area contributed by atoms with Crippen molar-refractivity contribution in [3.63, 3.8) is 0 Å². The first-order valence-electron chi connectivity index (χ1n) is 8.68. The zero-order valence-electron chi connectivity index (χ0n) is 14.9. The van der Waals surface area contributed by atoms with E-state index in [-0.39, 0.29) is 34.8 Å². The van der Waals surface area contributed by atoms with Gasteiger partial charge in [0.05, 0.1) is 3.70 Å². The van der Waals surface area contributed by atoms with Gasteiger partial charge < -0.3 is 15.2 Å². The van der Waals surface area contributed by atoms with E-state index in [1.807, 2.05) is 46.9 Å². The van der Waals surface area contributed by atoms with Gasteiger partial charge in [-0.15, -0.1) is 0 Å². The van der Waals surface area contributed by atoms with Crippen LogP contribution in [0.15, 0.2) is 57.8 Å². The van der Waals surface area contributed by atoms with E-state index in [4.69, 9.17) is 15.2 Å². The van der Waals surface area contributed by atoms with Crippen LogP contribution in [-0.4, -0.2) is 25.2 Å². The summed E-state index contributed by atoms with van der Waals surface area (Å²) < 4.78 is 10.9. The normalized spacial score (nSPS) is 13.4. The van der Waals surface area contributed by atoms with E-state index in [0.717, 1.165) is 22.3 Å². The molecule has 2 aromatic rings. The van der Waals surface area contributed by atoms with E-state index in [9.17, 15) is 9.59 Å². The van der Waals surface area contributed by atoms with Gasteiger partial charge in [0.2, 0.25) is 0 Å². The molecule has 2 N–H and O–H groups in total. The molecule has 0 atom stereocenters. The minimum absolute atomic E-state index is 0.0313. The second-order valence-corrected chi connectivity index (χ2v) is 7.33. The van der Waals surface area contributed by atoms with Gasteiger partial charge in [-0.05, 0) is 44.8 Å². The average Bonchev–Trinajstić information content (AvgIpc) is 3.00. The molecule has 0 amide bonds. The Bertz CT molecular complexity index is 857. The highest BCUT2D eigenvalue weighted by Crippen LogP contribution is 2.44. The molecule has 0 bridgehead atoms. The lowest BCUT2D eigenvalue weighted by Gasteiger charge is -2.15. The van der Waals surface area contributed by atoms with Crippen LogP contribution in [0.5, 0.6) is 0 Å². The van der Waals surface area contributed by atoms with Crippen molar-refractivity contribution < 1.29 is 19.1 Å². The van der Waals surface area contributed by atoms with Gasteiger partial charge in [0.1, 0.15) is 18.8 Å². The van der Waals surface area contributed by atoms with Crippen LogP contribution in [0.25, 0.3) is 11.1 Å². The van der Waals surface area contributed by atoms with Crippen molar-refractivity contribution in [1.29, 1.82) is 0 Å². The summed E-state index contributed by atoms with van der Waals surface area (Å²) in [4.78, 5) is 23.9. The Morgan fingerprint density at radius 3 is 2.07 bits per heavy atom. The molecule has 0 unspecified atom stereocenters. The Kier molecular flexibility index (Phi) is 6.15. The molecule has 0 saturated carbocycles. The fourth-order valence-corrected chi connectivity index (χ4v) is 3.54. The third kappa shape index (κ3) is 4.16. The number of hydrogen-bond donors (Lipinski definition) is 1. The molecule has 140 valence electrons. The highest BCUT2D eigenvalue weighted by atomic mass is 127. The van der Waals surface area contributed by atoms with Gasteiger partial charge in [-0.25, -0.2) is 4.79 Å². The minimum Gasteiger partial charge on any atom is -0.461 e. The molecule has 0 spiro atoms. The minimum atomic E-state index is -0.562. The molecule has 6 heteroatoms. The Hall–Kier alpha value is -2.35. The Balaban J connectivity index is 1.75. The molecule has 0 radical (unpaired) electrons. The molecule has 0 saturated heterocycles. The molecule has 5 nitrogen and oxygen atoms in total. The lowest BCUT2D eigenvalue weighted by atomic mass is 9.98. The number of esters is 2. The first-order chi connectivity index (χ1) is 13.0. The van der Waals surface area contributed by atoms with Gasteiger partial charge >= 0.3 is 11.9 Å². The molecule has 0 fully saturated rings. The summed E-state index contributed by atoms with van der Waals surface area (Å²) in [5.74, 6) is -0.986. The van der Waals surface area contributed by atoms with Crippen molar-refractivity contribution in [3.8, 4) is 11.1 Å². The lowest BCUT2D eigenvalue weighted by molar-refractivity contribution is -0.144. The van der Waals surface area contributed by atoms with E-state index in [1.54, 1.807) is 6.92 Å². The summed E-state index contributed by atoms with van der Waals surface area (Å²) in [7, 11) is 0. The number of fused-ring (bicyclic) bond motifs is 3. The molecular formula is C21H20INO4. The van der Waals surface area contributed by atoms with Crippen LogP contribution >= 0.6 is 22.6 Å². The van der Waals surface area contributed by atoms with Crippen molar-refractivity contribution in [3.05, 3.63) is 68.9 Å². The van der Waals surface area contributed by atoms with E-state index in [2.05, 4.69) is 24.3 Å². The van der Waals surface area contributed by atoms with Crippen LogP contribution in [-0.2, 0) is 19.1 Å². The third-order valence-electron chi connectivity index (χ3n) is 4.54. The van der Waals surface area contributed by atoms with Crippen LogP contribution in [0.3, 0.4) is 0 Å². The number of ether oxygens (including phenoxy) is 2. The molecule has 3 rings (SSSR count). The van der Waals surface area contributed by atoms with Crippen molar-refractivity contribution in [2.45, 2.75) is 19.3 Å². The van der Waals surface area contributed by atoms with Gasteiger partial charge in [-0.1, -0.05) is 55.5 Å². The predicted octanol–water partition coefficient (Wildman–Crippen LogP) is 3.90. The Morgan fingerprint density at radius 2 is 1.56 bits per heavy atom. The summed E-state index contributed by atoms with van der Waals surface area (Å²) in [6.07, 6.45) is 0.235.